The van der Waals surface area contributed by atoms with Crippen LogP contribution < -0.4 is 0 Å². The normalized spacial score (nSPS) is 26.6. The van der Waals surface area contributed by atoms with Crippen molar-refractivity contribution in [2.45, 2.75) is 19.3 Å². The topological polar surface area (TPSA) is 57.5 Å². The predicted molar refractivity (Wildman–Crippen MR) is 35.7 cm³/mol. The first-order chi connectivity index (χ1) is 4.75. The highest BCUT2D eigenvalue weighted by Crippen LogP contribution is 2.24. The minimum atomic E-state index is -0.464. The van der Waals surface area contributed by atoms with Crippen molar-refractivity contribution in [1.82, 2.24) is 0 Å². The molecule has 1 aliphatic rings. The van der Waals surface area contributed by atoms with Gasteiger partial charge in [0.25, 0.3) is 0 Å². The maximum atomic E-state index is 10.2. The summed E-state index contributed by atoms with van der Waals surface area (Å²) < 4.78 is 0. The number of hydrogen-bond donors (Lipinski definition) is 2. The third-order valence-electron chi connectivity index (χ3n) is 1.74. The van der Waals surface area contributed by atoms with E-state index >= 15 is 0 Å². The van der Waals surface area contributed by atoms with Crippen molar-refractivity contribution in [2.24, 2.45) is 5.92 Å². The smallest absolute Gasteiger partial charge is 0.140 e. The molecule has 0 amide bonds. The maximum Gasteiger partial charge on any atom is 0.140 e. The number of allylic oxidation sites excluding steroid dienone is 2. The Bertz CT molecular complexity index is 172. The van der Waals surface area contributed by atoms with Crippen molar-refractivity contribution in [3.8, 4) is 0 Å². The Morgan fingerprint density at radius 1 is 1.50 bits per heavy atom. The van der Waals surface area contributed by atoms with E-state index in [0.717, 1.165) is 6.42 Å². The number of rotatable bonds is 1. The molecular formula is C7H10O3. The lowest BCUT2D eigenvalue weighted by molar-refractivity contribution is -0.111. The third kappa shape index (κ3) is 1.12. The number of hydrogen-bond acceptors (Lipinski definition) is 3. The van der Waals surface area contributed by atoms with E-state index in [1.54, 1.807) is 0 Å². The average Bonchev–Trinajstić information content (AvgIpc) is 1.95. The van der Waals surface area contributed by atoms with Crippen LogP contribution in [-0.2, 0) is 4.79 Å². The molecule has 1 aliphatic carbocycles. The number of carbonyl (C=O) groups excluding carboxylic acids is 1. The van der Waals surface area contributed by atoms with E-state index in [9.17, 15) is 4.79 Å². The SMILES string of the molecule is O=CC1CCCC(O)=C1O. The molecule has 10 heavy (non-hydrogen) atoms. The van der Waals surface area contributed by atoms with Crippen molar-refractivity contribution in [2.75, 3.05) is 0 Å². The fraction of sp³-hybridized carbons (Fsp3) is 0.571. The Labute approximate surface area is 59.0 Å². The van der Waals surface area contributed by atoms with Gasteiger partial charge >= 0.3 is 0 Å². The summed E-state index contributed by atoms with van der Waals surface area (Å²) in [5.74, 6) is -0.627. The molecule has 1 unspecified atom stereocenters. The molecule has 0 fully saturated rings. The Morgan fingerprint density at radius 3 is 2.70 bits per heavy atom. The van der Waals surface area contributed by atoms with Crippen LogP contribution in [0.3, 0.4) is 0 Å². The number of carbonyl (C=O) groups is 1. The van der Waals surface area contributed by atoms with Gasteiger partial charge in [0.2, 0.25) is 0 Å². The second-order valence-corrected chi connectivity index (χ2v) is 2.47. The molecule has 0 bridgehead atoms. The lowest BCUT2D eigenvalue weighted by Gasteiger charge is -2.16. The zero-order chi connectivity index (χ0) is 7.56. The van der Waals surface area contributed by atoms with Crippen LogP contribution in [0, 0.1) is 5.92 Å². The van der Waals surface area contributed by atoms with Gasteiger partial charge < -0.3 is 15.0 Å². The molecule has 0 aromatic carbocycles. The summed E-state index contributed by atoms with van der Waals surface area (Å²) in [5.41, 5.74) is 0. The summed E-state index contributed by atoms with van der Waals surface area (Å²) in [4.78, 5) is 10.2. The van der Waals surface area contributed by atoms with Crippen LogP contribution in [0.25, 0.3) is 0 Å². The second-order valence-electron chi connectivity index (χ2n) is 2.47. The summed E-state index contributed by atoms with van der Waals surface area (Å²) in [6.07, 6.45) is 2.60. The minimum absolute atomic E-state index is 0.0247. The molecular weight excluding hydrogens is 132 g/mol. The number of aldehydes is 1. The standard InChI is InChI=1S/C7H10O3/c8-4-5-2-1-3-6(9)7(5)10/h4-5,9-10H,1-3H2. The number of aliphatic hydroxyl groups excluding tert-OH is 2. The van der Waals surface area contributed by atoms with Gasteiger partial charge in [-0.1, -0.05) is 0 Å². The Kier molecular flexibility index (Phi) is 1.94. The fourth-order valence-electron chi connectivity index (χ4n) is 1.10. The van der Waals surface area contributed by atoms with E-state index in [4.69, 9.17) is 10.2 Å². The molecule has 0 aliphatic heterocycles. The van der Waals surface area contributed by atoms with Gasteiger partial charge in [0.15, 0.2) is 0 Å². The third-order valence-corrected chi connectivity index (χ3v) is 1.74. The molecule has 1 rings (SSSR count). The fourth-order valence-corrected chi connectivity index (χ4v) is 1.10. The monoisotopic (exact) mass is 142 g/mol. The summed E-state index contributed by atoms with van der Waals surface area (Å²) in [7, 11) is 0. The molecule has 3 nitrogen and oxygen atoms in total. The van der Waals surface area contributed by atoms with Gasteiger partial charge in [-0.05, 0) is 12.8 Å². The van der Waals surface area contributed by atoms with E-state index in [1.165, 1.54) is 0 Å². The van der Waals surface area contributed by atoms with Crippen LogP contribution in [0.15, 0.2) is 11.5 Å². The molecule has 0 aromatic rings. The van der Waals surface area contributed by atoms with E-state index in [-0.39, 0.29) is 11.5 Å². The summed E-state index contributed by atoms with van der Waals surface area (Å²) in [6, 6.07) is 0. The molecule has 0 spiro atoms. The Hall–Kier alpha value is -0.990. The van der Waals surface area contributed by atoms with Gasteiger partial charge in [0.05, 0.1) is 5.92 Å². The van der Waals surface area contributed by atoms with Crippen LogP contribution in [0.5, 0.6) is 0 Å². The largest absolute Gasteiger partial charge is 0.509 e. The van der Waals surface area contributed by atoms with Gasteiger partial charge in [-0.2, -0.15) is 0 Å². The Balaban J connectivity index is 2.77. The molecule has 1 atom stereocenters. The van der Waals surface area contributed by atoms with Gasteiger partial charge in [-0.25, -0.2) is 0 Å². The zero-order valence-electron chi connectivity index (χ0n) is 5.58. The lowest BCUT2D eigenvalue weighted by Crippen LogP contribution is -2.13. The second kappa shape index (κ2) is 2.73. The summed E-state index contributed by atoms with van der Waals surface area (Å²) in [6.45, 7) is 0. The van der Waals surface area contributed by atoms with Crippen molar-refractivity contribution in [3.05, 3.63) is 11.5 Å². The molecule has 0 saturated heterocycles. The lowest BCUT2D eigenvalue weighted by atomic mass is 9.94. The molecule has 2 N–H and O–H groups in total. The first-order valence-electron chi connectivity index (χ1n) is 3.32. The molecule has 0 radical (unpaired) electrons. The highest BCUT2D eigenvalue weighted by molar-refractivity contribution is 5.58. The van der Waals surface area contributed by atoms with E-state index in [1.807, 2.05) is 0 Å². The van der Waals surface area contributed by atoms with Crippen LogP contribution in [0.4, 0.5) is 0 Å². The Morgan fingerprint density at radius 2 is 2.20 bits per heavy atom. The van der Waals surface area contributed by atoms with Crippen LogP contribution in [-0.4, -0.2) is 16.5 Å². The molecule has 0 saturated carbocycles. The van der Waals surface area contributed by atoms with Crippen molar-refractivity contribution in [1.29, 1.82) is 0 Å². The first kappa shape index (κ1) is 7.12. The van der Waals surface area contributed by atoms with Crippen LogP contribution in [0.1, 0.15) is 19.3 Å². The van der Waals surface area contributed by atoms with Crippen LogP contribution >= 0.6 is 0 Å². The van der Waals surface area contributed by atoms with Gasteiger partial charge in [0, 0.05) is 6.42 Å². The molecule has 56 valence electrons. The van der Waals surface area contributed by atoms with E-state index in [2.05, 4.69) is 0 Å². The highest BCUT2D eigenvalue weighted by Gasteiger charge is 2.21. The van der Waals surface area contributed by atoms with Crippen LogP contribution in [0.2, 0.25) is 0 Å². The molecule has 0 heterocycles. The van der Waals surface area contributed by atoms with Gasteiger partial charge in [-0.3, -0.25) is 0 Å². The van der Waals surface area contributed by atoms with Crippen molar-refractivity contribution < 1.29 is 15.0 Å². The van der Waals surface area contributed by atoms with E-state index in [0.29, 0.717) is 19.1 Å². The first-order valence-corrected chi connectivity index (χ1v) is 3.32. The molecule has 3 heteroatoms. The zero-order valence-corrected chi connectivity index (χ0v) is 5.58. The molecule has 0 aromatic heterocycles. The number of aliphatic hydroxyl groups is 2. The van der Waals surface area contributed by atoms with Gasteiger partial charge in [0.1, 0.15) is 17.8 Å². The van der Waals surface area contributed by atoms with Crippen molar-refractivity contribution in [3.63, 3.8) is 0 Å². The maximum absolute atomic E-state index is 10.2. The summed E-state index contributed by atoms with van der Waals surface area (Å²) >= 11 is 0. The average molecular weight is 142 g/mol. The predicted octanol–water partition coefficient (Wildman–Crippen LogP) is 1.31. The van der Waals surface area contributed by atoms with Crippen molar-refractivity contribution >= 4 is 6.29 Å². The van der Waals surface area contributed by atoms with E-state index < -0.39 is 5.92 Å². The van der Waals surface area contributed by atoms with Gasteiger partial charge in [-0.15, -0.1) is 0 Å². The quantitative estimate of drug-likeness (QED) is 0.543. The summed E-state index contributed by atoms with van der Waals surface area (Å²) in [5, 5.41) is 18.0. The highest BCUT2D eigenvalue weighted by atomic mass is 16.3. The minimum Gasteiger partial charge on any atom is -0.509 e.